The molecule has 1 atom stereocenters. The normalized spacial score (nSPS) is 11.8. The fourth-order valence-electron chi connectivity index (χ4n) is 2.73. The van der Waals surface area contributed by atoms with Crippen molar-refractivity contribution in [2.75, 3.05) is 12.3 Å². The lowest BCUT2D eigenvalue weighted by atomic mass is 10.1. The van der Waals surface area contributed by atoms with Crippen molar-refractivity contribution in [3.63, 3.8) is 0 Å². The number of benzene rings is 2. The van der Waals surface area contributed by atoms with E-state index in [4.69, 9.17) is 34.8 Å². The molecule has 2 aromatic carbocycles. The molecule has 0 radical (unpaired) electrons. The van der Waals surface area contributed by atoms with Gasteiger partial charge >= 0.3 is 0 Å². The molecule has 0 saturated heterocycles. The van der Waals surface area contributed by atoms with Crippen LogP contribution in [0.5, 0.6) is 0 Å². The first-order chi connectivity index (χ1) is 14.3. The largest absolute Gasteiger partial charge is 0.354 e. The zero-order valence-corrected chi connectivity index (χ0v) is 20.0. The average Bonchev–Trinajstić information content (AvgIpc) is 2.73. The molecule has 2 amide bonds. The van der Waals surface area contributed by atoms with Crippen LogP contribution in [-0.2, 0) is 21.9 Å². The van der Waals surface area contributed by atoms with Crippen molar-refractivity contribution in [1.29, 1.82) is 0 Å². The van der Waals surface area contributed by atoms with E-state index in [0.29, 0.717) is 33.9 Å². The Labute approximate surface area is 197 Å². The molecule has 0 fully saturated rings. The zero-order valence-electron chi connectivity index (χ0n) is 17.0. The van der Waals surface area contributed by atoms with E-state index >= 15 is 0 Å². The molecule has 162 valence electrons. The lowest BCUT2D eigenvalue weighted by Gasteiger charge is -2.28. The second-order valence-electron chi connectivity index (χ2n) is 6.86. The Hall–Kier alpha value is -1.40. The quantitative estimate of drug-likeness (QED) is 0.459. The number of hydrogen-bond donors (Lipinski definition) is 1. The topological polar surface area (TPSA) is 49.4 Å². The van der Waals surface area contributed by atoms with Gasteiger partial charge in [-0.1, -0.05) is 59.9 Å². The summed E-state index contributed by atoms with van der Waals surface area (Å²) in [6, 6.07) is 12.1. The van der Waals surface area contributed by atoms with E-state index in [1.807, 2.05) is 25.1 Å². The van der Waals surface area contributed by atoms with Crippen molar-refractivity contribution >= 4 is 58.4 Å². The van der Waals surface area contributed by atoms with E-state index in [-0.39, 0.29) is 17.6 Å². The summed E-state index contributed by atoms with van der Waals surface area (Å²) in [4.78, 5) is 27.1. The van der Waals surface area contributed by atoms with Crippen LogP contribution in [0.2, 0.25) is 15.1 Å². The number of hydrogen-bond acceptors (Lipinski definition) is 3. The second-order valence-corrected chi connectivity index (χ2v) is 9.09. The maximum absolute atomic E-state index is 13.0. The first-order valence-electron chi connectivity index (χ1n) is 9.65. The molecule has 30 heavy (non-hydrogen) atoms. The van der Waals surface area contributed by atoms with Crippen molar-refractivity contribution < 1.29 is 9.59 Å². The van der Waals surface area contributed by atoms with Gasteiger partial charge in [0.05, 0.1) is 15.8 Å². The summed E-state index contributed by atoms with van der Waals surface area (Å²) in [5, 5.41) is 4.49. The minimum absolute atomic E-state index is 0.103. The van der Waals surface area contributed by atoms with Gasteiger partial charge in [-0.2, -0.15) is 0 Å². The molecule has 0 aliphatic rings. The second kappa shape index (κ2) is 12.5. The first-order valence-corrected chi connectivity index (χ1v) is 11.9. The lowest BCUT2D eigenvalue weighted by Crippen LogP contribution is -2.48. The molecule has 0 aromatic heterocycles. The zero-order chi connectivity index (χ0) is 22.1. The van der Waals surface area contributed by atoms with E-state index in [1.165, 1.54) is 11.8 Å². The van der Waals surface area contributed by atoms with Gasteiger partial charge in [0, 0.05) is 23.9 Å². The molecule has 0 aliphatic heterocycles. The molecule has 0 aliphatic carbocycles. The Morgan fingerprint density at radius 3 is 2.33 bits per heavy atom. The molecule has 0 heterocycles. The van der Waals surface area contributed by atoms with E-state index in [2.05, 4.69) is 5.32 Å². The minimum atomic E-state index is -0.578. The van der Waals surface area contributed by atoms with Crippen LogP contribution in [-0.4, -0.2) is 35.1 Å². The fraction of sp³-hybridized carbons (Fsp3) is 0.364. The summed E-state index contributed by atoms with van der Waals surface area (Å²) < 4.78 is 0. The van der Waals surface area contributed by atoms with Crippen molar-refractivity contribution in [3.05, 3.63) is 68.7 Å². The lowest BCUT2D eigenvalue weighted by molar-refractivity contribution is -0.138. The molecule has 2 rings (SSSR count). The van der Waals surface area contributed by atoms with Crippen LogP contribution >= 0.6 is 46.6 Å². The van der Waals surface area contributed by atoms with Crippen molar-refractivity contribution in [2.45, 2.75) is 38.6 Å². The average molecular weight is 488 g/mol. The number of carbonyl (C=O) groups is 2. The number of thioether (sulfide) groups is 1. The molecule has 0 spiro atoms. The highest BCUT2D eigenvalue weighted by molar-refractivity contribution is 7.99. The van der Waals surface area contributed by atoms with Crippen molar-refractivity contribution in [3.8, 4) is 0 Å². The van der Waals surface area contributed by atoms with Crippen LogP contribution in [0.3, 0.4) is 0 Å². The molecule has 2 aromatic rings. The highest BCUT2D eigenvalue weighted by Gasteiger charge is 2.25. The van der Waals surface area contributed by atoms with Gasteiger partial charge in [-0.3, -0.25) is 9.59 Å². The third-order valence-electron chi connectivity index (χ3n) is 4.46. The van der Waals surface area contributed by atoms with Gasteiger partial charge in [0.25, 0.3) is 0 Å². The Bertz CT molecular complexity index is 862. The number of nitrogens with zero attached hydrogens (tertiary/aromatic N) is 1. The summed E-state index contributed by atoms with van der Waals surface area (Å²) in [5.74, 6) is 0.607. The van der Waals surface area contributed by atoms with E-state index in [1.54, 1.807) is 36.1 Å². The smallest absolute Gasteiger partial charge is 0.242 e. The molecular formula is C22H25Cl3N2O2S. The van der Waals surface area contributed by atoms with Crippen LogP contribution < -0.4 is 5.32 Å². The van der Waals surface area contributed by atoms with Crippen LogP contribution in [0, 0.1) is 0 Å². The maximum Gasteiger partial charge on any atom is 0.242 e. The van der Waals surface area contributed by atoms with Crippen LogP contribution in [0.25, 0.3) is 0 Å². The van der Waals surface area contributed by atoms with Crippen molar-refractivity contribution in [2.24, 2.45) is 0 Å². The number of nitrogens with one attached hydrogen (secondary N) is 1. The van der Waals surface area contributed by atoms with Gasteiger partial charge in [0.15, 0.2) is 0 Å². The number of halogens is 3. The predicted molar refractivity (Wildman–Crippen MR) is 127 cm³/mol. The molecule has 0 unspecified atom stereocenters. The molecule has 8 heteroatoms. The predicted octanol–water partition coefficient (Wildman–Crippen LogP) is 5.82. The van der Waals surface area contributed by atoms with E-state index in [0.717, 1.165) is 17.5 Å². The third kappa shape index (κ3) is 7.69. The molecule has 1 N–H and O–H groups in total. The number of carbonyl (C=O) groups excluding carboxylic acids is 2. The monoisotopic (exact) mass is 486 g/mol. The van der Waals surface area contributed by atoms with Crippen LogP contribution in [0.1, 0.15) is 31.4 Å². The van der Waals surface area contributed by atoms with Gasteiger partial charge < -0.3 is 10.2 Å². The highest BCUT2D eigenvalue weighted by Crippen LogP contribution is 2.25. The standard InChI is InChI=1S/C22H25Cl3N2O2S/c1-3-10-26-22(29)15(2)27(12-16-4-7-18(23)8-5-16)21(28)14-30-13-17-6-9-19(24)20(25)11-17/h4-9,11,15H,3,10,12-14H2,1-2H3,(H,26,29)/t15-/m0/s1. The summed E-state index contributed by atoms with van der Waals surface area (Å²) in [6.45, 7) is 4.66. The van der Waals surface area contributed by atoms with E-state index in [9.17, 15) is 9.59 Å². The SMILES string of the molecule is CCCNC(=O)[C@H](C)N(Cc1ccc(Cl)cc1)C(=O)CSCc1ccc(Cl)c(Cl)c1. The highest BCUT2D eigenvalue weighted by atomic mass is 35.5. The van der Waals surface area contributed by atoms with Crippen LogP contribution in [0.15, 0.2) is 42.5 Å². The minimum Gasteiger partial charge on any atom is -0.354 e. The van der Waals surface area contributed by atoms with Gasteiger partial charge in [-0.15, -0.1) is 11.8 Å². The third-order valence-corrected chi connectivity index (χ3v) is 6.44. The Kier molecular flexibility index (Phi) is 10.3. The molecule has 0 saturated carbocycles. The van der Waals surface area contributed by atoms with Gasteiger partial charge in [0.2, 0.25) is 11.8 Å². The number of rotatable bonds is 10. The van der Waals surface area contributed by atoms with Gasteiger partial charge in [-0.05, 0) is 48.7 Å². The summed E-state index contributed by atoms with van der Waals surface area (Å²) >= 11 is 19.4. The molecular weight excluding hydrogens is 463 g/mol. The summed E-state index contributed by atoms with van der Waals surface area (Å²) in [6.07, 6.45) is 0.836. The Morgan fingerprint density at radius 1 is 1.03 bits per heavy atom. The Morgan fingerprint density at radius 2 is 1.70 bits per heavy atom. The Balaban J connectivity index is 2.05. The molecule has 0 bridgehead atoms. The summed E-state index contributed by atoms with van der Waals surface area (Å²) in [7, 11) is 0. The number of amides is 2. The summed E-state index contributed by atoms with van der Waals surface area (Å²) in [5.41, 5.74) is 1.90. The van der Waals surface area contributed by atoms with Gasteiger partial charge in [-0.25, -0.2) is 0 Å². The first kappa shape index (κ1) is 24.9. The fourth-order valence-corrected chi connectivity index (χ4v) is 4.04. The van der Waals surface area contributed by atoms with Crippen molar-refractivity contribution in [1.82, 2.24) is 10.2 Å². The van der Waals surface area contributed by atoms with Crippen LogP contribution in [0.4, 0.5) is 0 Å². The van der Waals surface area contributed by atoms with Gasteiger partial charge in [0.1, 0.15) is 6.04 Å². The maximum atomic E-state index is 13.0. The molecule has 4 nitrogen and oxygen atoms in total. The van der Waals surface area contributed by atoms with E-state index < -0.39 is 6.04 Å².